The number of carbonyl (C=O) groups excluding carboxylic acids is 1. The number of piperidine rings is 1. The van der Waals surface area contributed by atoms with Crippen LogP contribution in [0.2, 0.25) is 0 Å². The van der Waals surface area contributed by atoms with Crippen LogP contribution < -0.4 is 0 Å². The number of hydrogen-bond acceptors (Lipinski definition) is 2. The van der Waals surface area contributed by atoms with Crippen molar-refractivity contribution in [3.8, 4) is 0 Å². The Balaban J connectivity index is 1.73. The molecule has 17 heavy (non-hydrogen) atoms. The first-order valence-electron chi connectivity index (χ1n) is 6.72. The largest absolute Gasteiger partial charge is 0.343 e. The Hall–Kier alpha value is -1.12. The van der Waals surface area contributed by atoms with Gasteiger partial charge in [0.25, 0.3) is 0 Å². The third-order valence-corrected chi connectivity index (χ3v) is 3.69. The number of likely N-dealkylation sites (tertiary alicyclic amines) is 1. The summed E-state index contributed by atoms with van der Waals surface area (Å²) in [4.78, 5) is 18.3. The fourth-order valence-electron chi connectivity index (χ4n) is 2.39. The van der Waals surface area contributed by atoms with Gasteiger partial charge in [0.05, 0.1) is 0 Å². The highest BCUT2D eigenvalue weighted by Gasteiger charge is 2.19. The zero-order valence-corrected chi connectivity index (χ0v) is 10.7. The Morgan fingerprint density at radius 3 is 2.88 bits per heavy atom. The molecule has 0 bridgehead atoms. The summed E-state index contributed by atoms with van der Waals surface area (Å²) >= 11 is 0. The smallest absolute Gasteiger partial charge is 0.222 e. The first kappa shape index (κ1) is 12.3. The molecule has 1 saturated heterocycles. The zero-order valence-electron chi connectivity index (χ0n) is 10.7. The van der Waals surface area contributed by atoms with Gasteiger partial charge in [-0.2, -0.15) is 0 Å². The second kappa shape index (κ2) is 5.99. The fraction of sp³-hybridized carbons (Fsp3) is 0.714. The highest BCUT2D eigenvalue weighted by atomic mass is 16.2. The average Bonchev–Trinajstić information content (AvgIpc) is 2.38. The number of amides is 1. The first-order valence-corrected chi connectivity index (χ1v) is 6.72. The second-order valence-electron chi connectivity index (χ2n) is 5.17. The molecule has 0 atom stereocenters. The molecule has 0 aliphatic carbocycles. The Morgan fingerprint density at radius 2 is 2.24 bits per heavy atom. The van der Waals surface area contributed by atoms with Crippen LogP contribution in [0.4, 0.5) is 0 Å². The Morgan fingerprint density at radius 1 is 1.47 bits per heavy atom. The summed E-state index contributed by atoms with van der Waals surface area (Å²) in [5.74, 6) is 1.10. The van der Waals surface area contributed by atoms with E-state index in [1.165, 1.54) is 5.57 Å². The molecule has 0 aromatic heterocycles. The van der Waals surface area contributed by atoms with Crippen LogP contribution in [0, 0.1) is 5.92 Å². The summed E-state index contributed by atoms with van der Waals surface area (Å²) in [6, 6.07) is 0. The van der Waals surface area contributed by atoms with Crippen molar-refractivity contribution in [1.82, 2.24) is 4.90 Å². The molecular weight excluding hydrogens is 212 g/mol. The summed E-state index contributed by atoms with van der Waals surface area (Å²) in [5, 5.41) is 0. The van der Waals surface area contributed by atoms with Gasteiger partial charge in [0.15, 0.2) is 0 Å². The van der Waals surface area contributed by atoms with Crippen LogP contribution in [0.5, 0.6) is 0 Å². The van der Waals surface area contributed by atoms with Crippen molar-refractivity contribution in [3.05, 3.63) is 11.6 Å². The quantitative estimate of drug-likeness (QED) is 0.738. The van der Waals surface area contributed by atoms with Gasteiger partial charge in [0, 0.05) is 32.3 Å². The number of nitrogens with zero attached hydrogens (tertiary/aromatic N) is 2. The Bertz CT molecular complexity index is 325. The lowest BCUT2D eigenvalue weighted by Gasteiger charge is -2.30. The van der Waals surface area contributed by atoms with Gasteiger partial charge in [-0.05, 0) is 37.2 Å². The number of carbonyl (C=O) groups is 1. The number of dihydropyridines is 1. The fourth-order valence-corrected chi connectivity index (χ4v) is 2.39. The lowest BCUT2D eigenvalue weighted by atomic mass is 9.98. The van der Waals surface area contributed by atoms with E-state index in [4.69, 9.17) is 0 Å². The van der Waals surface area contributed by atoms with Gasteiger partial charge in [-0.3, -0.25) is 9.79 Å². The summed E-state index contributed by atoms with van der Waals surface area (Å²) < 4.78 is 0. The van der Waals surface area contributed by atoms with E-state index in [-0.39, 0.29) is 0 Å². The molecule has 2 heterocycles. The van der Waals surface area contributed by atoms with Crippen LogP contribution in [-0.4, -0.2) is 36.7 Å². The predicted molar refractivity (Wildman–Crippen MR) is 70.3 cm³/mol. The van der Waals surface area contributed by atoms with Crippen molar-refractivity contribution in [2.24, 2.45) is 10.9 Å². The molecule has 0 spiro atoms. The predicted octanol–water partition coefficient (Wildman–Crippen LogP) is 2.43. The van der Waals surface area contributed by atoms with E-state index in [1.54, 1.807) is 0 Å². The van der Waals surface area contributed by atoms with E-state index in [0.717, 1.165) is 51.2 Å². The lowest BCUT2D eigenvalue weighted by Crippen LogP contribution is -2.37. The van der Waals surface area contributed by atoms with Crippen LogP contribution >= 0.6 is 0 Å². The minimum Gasteiger partial charge on any atom is -0.343 e. The lowest BCUT2D eigenvalue weighted by molar-refractivity contribution is -0.132. The van der Waals surface area contributed by atoms with E-state index in [9.17, 15) is 4.79 Å². The number of aliphatic imine (C=N–C) groups is 1. The highest BCUT2D eigenvalue weighted by Crippen LogP contribution is 2.18. The third-order valence-electron chi connectivity index (χ3n) is 3.69. The molecule has 0 aromatic rings. The SMILES string of the molecule is CC1CCN(C(=O)CCC2=CCCN=C2)CC1. The molecule has 0 aromatic carbocycles. The maximum atomic E-state index is 12.0. The van der Waals surface area contributed by atoms with E-state index in [0.29, 0.717) is 12.3 Å². The molecule has 0 saturated carbocycles. The minimum atomic E-state index is 0.316. The maximum Gasteiger partial charge on any atom is 0.222 e. The van der Waals surface area contributed by atoms with Crippen LogP contribution in [0.15, 0.2) is 16.6 Å². The summed E-state index contributed by atoms with van der Waals surface area (Å²) in [6.07, 6.45) is 8.99. The minimum absolute atomic E-state index is 0.316. The first-order chi connectivity index (χ1) is 8.25. The van der Waals surface area contributed by atoms with Crippen molar-refractivity contribution in [1.29, 1.82) is 0 Å². The monoisotopic (exact) mass is 234 g/mol. The molecule has 0 unspecified atom stereocenters. The molecule has 1 fully saturated rings. The van der Waals surface area contributed by atoms with Crippen molar-refractivity contribution < 1.29 is 4.79 Å². The van der Waals surface area contributed by atoms with E-state index in [2.05, 4.69) is 18.0 Å². The van der Waals surface area contributed by atoms with Crippen molar-refractivity contribution in [2.45, 2.75) is 39.0 Å². The maximum absolute atomic E-state index is 12.0. The van der Waals surface area contributed by atoms with Crippen molar-refractivity contribution in [3.63, 3.8) is 0 Å². The van der Waals surface area contributed by atoms with Gasteiger partial charge in [-0.25, -0.2) is 0 Å². The highest BCUT2D eigenvalue weighted by molar-refractivity contribution is 5.82. The molecule has 3 heteroatoms. The molecule has 2 aliphatic rings. The van der Waals surface area contributed by atoms with E-state index < -0.39 is 0 Å². The molecule has 3 nitrogen and oxygen atoms in total. The summed E-state index contributed by atoms with van der Waals surface area (Å²) in [5.41, 5.74) is 1.23. The molecule has 1 amide bonds. The van der Waals surface area contributed by atoms with Gasteiger partial charge in [-0.15, -0.1) is 0 Å². The molecule has 2 rings (SSSR count). The van der Waals surface area contributed by atoms with E-state index in [1.807, 2.05) is 11.1 Å². The van der Waals surface area contributed by atoms with Crippen molar-refractivity contribution >= 4 is 12.1 Å². The number of hydrogen-bond donors (Lipinski definition) is 0. The molecule has 0 radical (unpaired) electrons. The van der Waals surface area contributed by atoms with Crippen LogP contribution in [-0.2, 0) is 4.79 Å². The molecule has 94 valence electrons. The van der Waals surface area contributed by atoms with Gasteiger partial charge in [-0.1, -0.05) is 13.0 Å². The number of allylic oxidation sites excluding steroid dienone is 1. The Labute approximate surface area is 104 Å². The van der Waals surface area contributed by atoms with Gasteiger partial charge >= 0.3 is 0 Å². The second-order valence-corrected chi connectivity index (χ2v) is 5.17. The molecule has 0 N–H and O–H groups in total. The van der Waals surface area contributed by atoms with E-state index >= 15 is 0 Å². The summed E-state index contributed by atoms with van der Waals surface area (Å²) in [6.45, 7) is 5.08. The van der Waals surface area contributed by atoms with Gasteiger partial charge in [0.2, 0.25) is 5.91 Å². The summed E-state index contributed by atoms with van der Waals surface area (Å²) in [7, 11) is 0. The topological polar surface area (TPSA) is 32.7 Å². The van der Waals surface area contributed by atoms with Crippen molar-refractivity contribution in [2.75, 3.05) is 19.6 Å². The van der Waals surface area contributed by atoms with Gasteiger partial charge < -0.3 is 4.90 Å². The zero-order chi connectivity index (χ0) is 12.1. The van der Waals surface area contributed by atoms with Gasteiger partial charge in [0.1, 0.15) is 0 Å². The normalized spacial score (nSPS) is 21.5. The van der Waals surface area contributed by atoms with Crippen LogP contribution in [0.1, 0.15) is 39.0 Å². The molecular formula is C14H22N2O. The standard InChI is InChI=1S/C14H22N2O/c1-12-6-9-16(10-7-12)14(17)5-4-13-3-2-8-15-11-13/h3,11-12H,2,4-10H2,1H3. The molecule has 2 aliphatic heterocycles. The third kappa shape index (κ3) is 3.69. The number of rotatable bonds is 3. The Kier molecular flexibility index (Phi) is 4.35. The average molecular weight is 234 g/mol. The van der Waals surface area contributed by atoms with Crippen LogP contribution in [0.3, 0.4) is 0 Å². The van der Waals surface area contributed by atoms with Crippen LogP contribution in [0.25, 0.3) is 0 Å².